The highest BCUT2D eigenvalue weighted by Gasteiger charge is 2.33. The summed E-state index contributed by atoms with van der Waals surface area (Å²) in [4.78, 5) is 16.6. The summed E-state index contributed by atoms with van der Waals surface area (Å²) in [5, 5.41) is 0. The van der Waals surface area contributed by atoms with E-state index < -0.39 is 0 Å². The van der Waals surface area contributed by atoms with Crippen LogP contribution in [0.3, 0.4) is 0 Å². The van der Waals surface area contributed by atoms with E-state index in [1.54, 1.807) is 0 Å². The molecule has 0 bridgehead atoms. The van der Waals surface area contributed by atoms with Crippen LogP contribution in [0.25, 0.3) is 11.4 Å². The second-order valence-electron chi connectivity index (χ2n) is 10.5. The van der Waals surface area contributed by atoms with E-state index in [0.29, 0.717) is 12.0 Å². The van der Waals surface area contributed by atoms with E-state index in [0.717, 1.165) is 74.5 Å². The average Bonchev–Trinajstić information content (AvgIpc) is 3.25. The van der Waals surface area contributed by atoms with Gasteiger partial charge in [-0.05, 0) is 49.3 Å². The summed E-state index contributed by atoms with van der Waals surface area (Å²) < 4.78 is 0. The van der Waals surface area contributed by atoms with Gasteiger partial charge in [0.2, 0.25) is 0 Å². The second kappa shape index (κ2) is 11.7. The number of allylic oxidation sites excluding steroid dienone is 2. The lowest BCUT2D eigenvalue weighted by Crippen LogP contribution is -2.39. The highest BCUT2D eigenvalue weighted by molar-refractivity contribution is 6.08. The minimum absolute atomic E-state index is 0.380. The SMILES string of the molecule is C1=CC(c2nc(-c3ccccc3)[nH]c2C2CCC(c3ccccc3)N(CCc3ccccc3)C2)=NCCC1. The monoisotopic (exact) mass is 500 g/mol. The van der Waals surface area contributed by atoms with E-state index in [1.165, 1.54) is 16.8 Å². The molecule has 0 aliphatic carbocycles. The molecular formula is C34H36N4. The maximum Gasteiger partial charge on any atom is 0.138 e. The van der Waals surface area contributed by atoms with Crippen molar-refractivity contribution in [2.75, 3.05) is 19.6 Å². The van der Waals surface area contributed by atoms with Gasteiger partial charge in [-0.2, -0.15) is 0 Å². The molecule has 2 aliphatic rings. The molecule has 1 N–H and O–H groups in total. The minimum Gasteiger partial charge on any atom is -0.341 e. The fourth-order valence-electron chi connectivity index (χ4n) is 5.92. The number of aromatic nitrogens is 2. The van der Waals surface area contributed by atoms with Gasteiger partial charge in [-0.1, -0.05) is 97.1 Å². The van der Waals surface area contributed by atoms with Crippen LogP contribution < -0.4 is 0 Å². The lowest BCUT2D eigenvalue weighted by Gasteiger charge is -2.40. The van der Waals surface area contributed by atoms with Gasteiger partial charge in [0, 0.05) is 42.9 Å². The van der Waals surface area contributed by atoms with Crippen LogP contribution in [0.2, 0.25) is 0 Å². The third-order valence-electron chi connectivity index (χ3n) is 7.92. The third kappa shape index (κ3) is 5.56. The van der Waals surface area contributed by atoms with Crippen molar-refractivity contribution < 1.29 is 0 Å². The fraction of sp³-hybridized carbons (Fsp3) is 0.294. The standard InChI is InChI=1S/C34H36N4/c1-5-13-26(14-6-1)22-24-38-25-29(20-21-31(38)27-15-7-2-8-16-27)32-33(30-19-11-4-12-23-35-30)37-34(36-32)28-17-9-3-10-18-28/h1-3,5-11,13-19,29,31H,4,12,20-25H2,(H,36,37). The van der Waals surface area contributed by atoms with Crippen LogP contribution in [0.15, 0.2) is 108 Å². The molecule has 6 rings (SSSR count). The Hall–Kier alpha value is -3.76. The van der Waals surface area contributed by atoms with Gasteiger partial charge >= 0.3 is 0 Å². The molecule has 4 heteroatoms. The van der Waals surface area contributed by atoms with E-state index in [1.807, 2.05) is 0 Å². The number of imidazole rings is 1. The lowest BCUT2D eigenvalue weighted by atomic mass is 9.86. The first-order chi connectivity index (χ1) is 18.8. The van der Waals surface area contributed by atoms with Crippen molar-refractivity contribution in [3.8, 4) is 11.4 Å². The maximum atomic E-state index is 5.16. The fourth-order valence-corrected chi connectivity index (χ4v) is 5.92. The number of aromatic amines is 1. The molecule has 4 nitrogen and oxygen atoms in total. The van der Waals surface area contributed by atoms with E-state index >= 15 is 0 Å². The Bertz CT molecular complexity index is 1370. The average molecular weight is 501 g/mol. The topological polar surface area (TPSA) is 44.3 Å². The van der Waals surface area contributed by atoms with Crippen LogP contribution in [-0.4, -0.2) is 40.2 Å². The summed E-state index contributed by atoms with van der Waals surface area (Å²) >= 11 is 0. The molecule has 38 heavy (non-hydrogen) atoms. The van der Waals surface area contributed by atoms with E-state index in [2.05, 4.69) is 113 Å². The number of piperidine rings is 1. The van der Waals surface area contributed by atoms with Crippen molar-refractivity contribution in [1.82, 2.24) is 14.9 Å². The van der Waals surface area contributed by atoms with E-state index in [9.17, 15) is 0 Å². The summed E-state index contributed by atoms with van der Waals surface area (Å²) in [5.41, 5.74) is 7.24. The lowest BCUT2D eigenvalue weighted by molar-refractivity contribution is 0.133. The van der Waals surface area contributed by atoms with Crippen molar-refractivity contribution in [3.63, 3.8) is 0 Å². The van der Waals surface area contributed by atoms with E-state index in [4.69, 9.17) is 9.98 Å². The van der Waals surface area contributed by atoms with Crippen molar-refractivity contribution in [2.45, 2.75) is 44.1 Å². The first-order valence-electron chi connectivity index (χ1n) is 14.0. The van der Waals surface area contributed by atoms with Crippen LogP contribution >= 0.6 is 0 Å². The van der Waals surface area contributed by atoms with Crippen molar-refractivity contribution in [1.29, 1.82) is 0 Å². The highest BCUT2D eigenvalue weighted by Crippen LogP contribution is 2.39. The maximum absolute atomic E-state index is 5.16. The molecule has 0 saturated carbocycles. The predicted molar refractivity (Wildman–Crippen MR) is 157 cm³/mol. The first kappa shape index (κ1) is 24.6. The van der Waals surface area contributed by atoms with Crippen LogP contribution in [0.1, 0.15) is 60.2 Å². The van der Waals surface area contributed by atoms with Gasteiger partial charge < -0.3 is 4.98 Å². The Kier molecular flexibility index (Phi) is 7.59. The van der Waals surface area contributed by atoms with E-state index in [-0.39, 0.29) is 0 Å². The van der Waals surface area contributed by atoms with Crippen LogP contribution in [0, 0.1) is 0 Å². The number of nitrogens with zero attached hydrogens (tertiary/aromatic N) is 3. The van der Waals surface area contributed by atoms with Crippen LogP contribution in [-0.2, 0) is 6.42 Å². The molecule has 0 radical (unpaired) electrons. The van der Waals surface area contributed by atoms with Gasteiger partial charge in [0.15, 0.2) is 0 Å². The Balaban J connectivity index is 1.33. The molecule has 1 fully saturated rings. The number of rotatable bonds is 7. The molecule has 1 aromatic heterocycles. The molecule has 1 saturated heterocycles. The van der Waals surface area contributed by atoms with Gasteiger partial charge in [-0.15, -0.1) is 0 Å². The Morgan fingerprint density at radius 2 is 1.58 bits per heavy atom. The zero-order chi connectivity index (χ0) is 25.6. The number of benzene rings is 3. The summed E-state index contributed by atoms with van der Waals surface area (Å²) in [6, 6.07) is 32.8. The quantitative estimate of drug-likeness (QED) is 0.288. The number of hydrogen-bond donors (Lipinski definition) is 1. The summed E-state index contributed by atoms with van der Waals surface area (Å²) in [7, 11) is 0. The molecule has 3 heterocycles. The molecule has 0 amide bonds. The number of hydrogen-bond acceptors (Lipinski definition) is 3. The minimum atomic E-state index is 0.380. The zero-order valence-electron chi connectivity index (χ0n) is 22.0. The largest absolute Gasteiger partial charge is 0.341 e. The molecule has 3 aromatic carbocycles. The van der Waals surface area contributed by atoms with Gasteiger partial charge in [-0.25, -0.2) is 4.98 Å². The number of likely N-dealkylation sites (tertiary alicyclic amines) is 1. The van der Waals surface area contributed by atoms with Crippen molar-refractivity contribution in [3.05, 3.63) is 126 Å². The Morgan fingerprint density at radius 3 is 2.37 bits per heavy atom. The molecule has 4 aromatic rings. The molecule has 0 spiro atoms. The second-order valence-corrected chi connectivity index (χ2v) is 10.5. The zero-order valence-corrected chi connectivity index (χ0v) is 22.0. The molecular weight excluding hydrogens is 464 g/mol. The van der Waals surface area contributed by atoms with Gasteiger partial charge in [0.1, 0.15) is 11.5 Å². The van der Waals surface area contributed by atoms with Crippen molar-refractivity contribution in [2.24, 2.45) is 4.99 Å². The van der Waals surface area contributed by atoms with Crippen LogP contribution in [0.5, 0.6) is 0 Å². The smallest absolute Gasteiger partial charge is 0.138 e. The molecule has 2 unspecified atom stereocenters. The Labute approximate surface area is 226 Å². The molecule has 2 atom stereocenters. The van der Waals surface area contributed by atoms with Gasteiger partial charge in [-0.3, -0.25) is 9.89 Å². The van der Waals surface area contributed by atoms with Gasteiger partial charge in [0.05, 0.1) is 5.71 Å². The third-order valence-corrected chi connectivity index (χ3v) is 7.92. The number of H-pyrrole nitrogens is 1. The summed E-state index contributed by atoms with van der Waals surface area (Å²) in [6.45, 7) is 2.90. The Morgan fingerprint density at radius 1 is 0.842 bits per heavy atom. The molecule has 192 valence electrons. The normalized spacial score (nSPS) is 20.2. The summed E-state index contributed by atoms with van der Waals surface area (Å²) in [6.07, 6.45) is 9.92. The predicted octanol–water partition coefficient (Wildman–Crippen LogP) is 7.38. The number of aliphatic imine (C=N–C) groups is 1. The van der Waals surface area contributed by atoms with Gasteiger partial charge in [0.25, 0.3) is 0 Å². The number of nitrogens with one attached hydrogen (secondary N) is 1. The first-order valence-corrected chi connectivity index (χ1v) is 14.0. The molecule has 2 aliphatic heterocycles. The van der Waals surface area contributed by atoms with Crippen LogP contribution in [0.4, 0.5) is 0 Å². The van der Waals surface area contributed by atoms with Crippen molar-refractivity contribution >= 4 is 5.71 Å². The highest BCUT2D eigenvalue weighted by atomic mass is 15.2. The summed E-state index contributed by atoms with van der Waals surface area (Å²) in [5.74, 6) is 1.32.